The number of hydrogen-bond donors (Lipinski definition) is 1. The topological polar surface area (TPSA) is 48.7 Å². The highest BCUT2D eigenvalue weighted by Crippen LogP contribution is 2.34. The molecule has 31 heavy (non-hydrogen) atoms. The highest BCUT2D eigenvalue weighted by atomic mass is 32.1. The molecular formula is C23H25FN6S. The summed E-state index contributed by atoms with van der Waals surface area (Å²) in [6.45, 7) is 6.13. The van der Waals surface area contributed by atoms with Gasteiger partial charge in [-0.25, -0.2) is 14.4 Å². The van der Waals surface area contributed by atoms with Crippen molar-refractivity contribution in [2.24, 2.45) is 0 Å². The van der Waals surface area contributed by atoms with Crippen molar-refractivity contribution in [2.45, 2.75) is 13.3 Å². The molecule has 160 valence electrons. The number of aryl methyl sites for hydroxylation is 1. The molecule has 0 saturated carbocycles. The lowest BCUT2D eigenvalue weighted by Gasteiger charge is -2.29. The lowest BCUT2D eigenvalue weighted by molar-refractivity contribution is 0.588. The van der Waals surface area contributed by atoms with Crippen LogP contribution in [-0.4, -0.2) is 47.6 Å². The number of halogens is 1. The molecule has 0 aliphatic carbocycles. The molecule has 4 aromatic rings. The first-order valence-electron chi connectivity index (χ1n) is 10.6. The Labute approximate surface area is 185 Å². The predicted octanol–water partition coefficient (Wildman–Crippen LogP) is 4.34. The highest BCUT2D eigenvalue weighted by molar-refractivity contribution is 7.14. The molecule has 0 bridgehead atoms. The van der Waals surface area contributed by atoms with Crippen LogP contribution in [0.25, 0.3) is 16.9 Å². The number of hydrogen-bond acceptors (Lipinski definition) is 6. The second kappa shape index (κ2) is 8.28. The second-order valence-corrected chi connectivity index (χ2v) is 8.51. The Balaban J connectivity index is 1.53. The van der Waals surface area contributed by atoms with Gasteiger partial charge in [0.25, 0.3) is 0 Å². The van der Waals surface area contributed by atoms with E-state index in [2.05, 4.69) is 44.8 Å². The van der Waals surface area contributed by atoms with Crippen molar-refractivity contribution in [3.63, 3.8) is 0 Å². The van der Waals surface area contributed by atoms with Gasteiger partial charge in [0, 0.05) is 50.4 Å². The van der Waals surface area contributed by atoms with Crippen molar-refractivity contribution in [1.29, 1.82) is 0 Å². The number of piperazine rings is 1. The molecule has 4 heterocycles. The molecule has 0 unspecified atom stereocenters. The fraction of sp³-hybridized carbons (Fsp3) is 0.304. The molecule has 3 aromatic heterocycles. The van der Waals surface area contributed by atoms with Crippen LogP contribution < -0.4 is 15.1 Å². The lowest BCUT2D eigenvalue weighted by Crippen LogP contribution is -2.43. The lowest BCUT2D eigenvalue weighted by atomic mass is 10.2. The summed E-state index contributed by atoms with van der Waals surface area (Å²) in [6, 6.07) is 10.7. The number of rotatable bonds is 5. The van der Waals surface area contributed by atoms with Gasteiger partial charge in [0.2, 0.25) is 0 Å². The number of anilines is 3. The molecular weight excluding hydrogens is 411 g/mol. The number of benzene rings is 1. The van der Waals surface area contributed by atoms with Gasteiger partial charge in [0.1, 0.15) is 17.3 Å². The molecule has 5 rings (SSSR count). The van der Waals surface area contributed by atoms with E-state index < -0.39 is 0 Å². The zero-order valence-electron chi connectivity index (χ0n) is 17.7. The molecule has 1 N–H and O–H groups in total. The van der Waals surface area contributed by atoms with Gasteiger partial charge in [-0.2, -0.15) is 0 Å². The molecule has 6 nitrogen and oxygen atoms in total. The van der Waals surface area contributed by atoms with E-state index in [-0.39, 0.29) is 5.82 Å². The summed E-state index contributed by atoms with van der Waals surface area (Å²) >= 11 is 1.58. The van der Waals surface area contributed by atoms with Gasteiger partial charge < -0.3 is 15.1 Å². The summed E-state index contributed by atoms with van der Waals surface area (Å²) < 4.78 is 15.5. The standard InChI is InChI=1S/C23H25FN6S/c1-3-19-22(28(2)23-27-20(15-31-23)16-4-6-17(24)7-5-16)30-14-18(8-9-21(30)26-19)29-12-10-25-11-13-29/h4-9,14-15,25H,3,10-13H2,1-2H3. The average Bonchev–Trinajstić information content (AvgIpc) is 3.44. The van der Waals surface area contributed by atoms with E-state index in [0.717, 1.165) is 66.1 Å². The number of imidazole rings is 1. The Hall–Kier alpha value is -2.97. The van der Waals surface area contributed by atoms with Crippen molar-refractivity contribution in [2.75, 3.05) is 43.0 Å². The Morgan fingerprint density at radius 3 is 2.61 bits per heavy atom. The van der Waals surface area contributed by atoms with E-state index in [1.807, 2.05) is 12.4 Å². The van der Waals surface area contributed by atoms with Crippen molar-refractivity contribution in [1.82, 2.24) is 19.7 Å². The van der Waals surface area contributed by atoms with Crippen molar-refractivity contribution in [3.05, 3.63) is 59.5 Å². The maximum absolute atomic E-state index is 13.3. The molecule has 1 aliphatic heterocycles. The summed E-state index contributed by atoms with van der Waals surface area (Å²) in [5.74, 6) is 0.796. The molecule has 0 radical (unpaired) electrons. The van der Waals surface area contributed by atoms with E-state index in [0.29, 0.717) is 0 Å². The monoisotopic (exact) mass is 436 g/mol. The van der Waals surface area contributed by atoms with Crippen molar-refractivity contribution < 1.29 is 4.39 Å². The summed E-state index contributed by atoms with van der Waals surface area (Å²) in [7, 11) is 2.04. The summed E-state index contributed by atoms with van der Waals surface area (Å²) in [5, 5.41) is 6.30. The number of pyridine rings is 1. The number of nitrogens with zero attached hydrogens (tertiary/aromatic N) is 5. The van der Waals surface area contributed by atoms with Crippen LogP contribution in [-0.2, 0) is 6.42 Å². The summed E-state index contributed by atoms with van der Waals surface area (Å²) in [6.07, 6.45) is 3.02. The molecule has 1 fully saturated rings. The fourth-order valence-corrected chi connectivity index (χ4v) is 4.84. The Morgan fingerprint density at radius 1 is 1.10 bits per heavy atom. The Kier molecular flexibility index (Phi) is 5.33. The zero-order chi connectivity index (χ0) is 21.4. The third-order valence-electron chi connectivity index (χ3n) is 5.70. The zero-order valence-corrected chi connectivity index (χ0v) is 18.5. The van der Waals surface area contributed by atoms with Gasteiger partial charge >= 0.3 is 0 Å². The predicted molar refractivity (Wildman–Crippen MR) is 125 cm³/mol. The minimum absolute atomic E-state index is 0.241. The fourth-order valence-electron chi connectivity index (χ4n) is 4.03. The van der Waals surface area contributed by atoms with Gasteiger partial charge in [0.15, 0.2) is 5.13 Å². The SMILES string of the molecule is CCc1nc2ccc(N3CCNCC3)cn2c1N(C)c1nc(-c2ccc(F)cc2)cs1. The smallest absolute Gasteiger partial charge is 0.191 e. The van der Waals surface area contributed by atoms with Gasteiger partial charge in [-0.15, -0.1) is 11.3 Å². The first-order chi connectivity index (χ1) is 15.1. The second-order valence-electron chi connectivity index (χ2n) is 7.67. The first-order valence-corrected chi connectivity index (χ1v) is 11.4. The quantitative estimate of drug-likeness (QED) is 0.504. The van der Waals surface area contributed by atoms with Crippen LogP contribution in [0.3, 0.4) is 0 Å². The van der Waals surface area contributed by atoms with Gasteiger partial charge in [-0.1, -0.05) is 6.92 Å². The van der Waals surface area contributed by atoms with Crippen LogP contribution in [0.2, 0.25) is 0 Å². The van der Waals surface area contributed by atoms with Crippen LogP contribution in [0.1, 0.15) is 12.6 Å². The van der Waals surface area contributed by atoms with E-state index in [1.165, 1.54) is 17.8 Å². The van der Waals surface area contributed by atoms with Crippen LogP contribution in [0.15, 0.2) is 48.0 Å². The number of aromatic nitrogens is 3. The maximum Gasteiger partial charge on any atom is 0.191 e. The minimum atomic E-state index is -0.241. The molecule has 8 heteroatoms. The molecule has 0 amide bonds. The van der Waals surface area contributed by atoms with Gasteiger partial charge in [-0.3, -0.25) is 4.40 Å². The van der Waals surface area contributed by atoms with Crippen LogP contribution in [0.4, 0.5) is 21.0 Å². The van der Waals surface area contributed by atoms with Gasteiger partial charge in [-0.05, 0) is 42.8 Å². The first kappa shape index (κ1) is 20.0. The normalized spacial score (nSPS) is 14.4. The summed E-state index contributed by atoms with van der Waals surface area (Å²) in [4.78, 5) is 14.2. The Bertz CT molecular complexity index is 1190. The van der Waals surface area contributed by atoms with Crippen molar-refractivity contribution in [3.8, 4) is 11.3 Å². The average molecular weight is 437 g/mol. The van der Waals surface area contributed by atoms with Crippen LogP contribution in [0.5, 0.6) is 0 Å². The summed E-state index contributed by atoms with van der Waals surface area (Å²) in [5.41, 5.74) is 4.94. The van der Waals surface area contributed by atoms with E-state index in [4.69, 9.17) is 9.97 Å². The molecule has 1 aliphatic rings. The number of thiazole rings is 1. The van der Waals surface area contributed by atoms with Crippen LogP contribution >= 0.6 is 11.3 Å². The third-order valence-corrected chi connectivity index (χ3v) is 6.62. The van der Waals surface area contributed by atoms with Gasteiger partial charge in [0.05, 0.1) is 17.1 Å². The van der Waals surface area contributed by atoms with Crippen LogP contribution in [0, 0.1) is 5.82 Å². The number of fused-ring (bicyclic) bond motifs is 1. The highest BCUT2D eigenvalue weighted by Gasteiger charge is 2.20. The number of nitrogens with one attached hydrogen (secondary N) is 1. The van der Waals surface area contributed by atoms with E-state index in [9.17, 15) is 4.39 Å². The largest absolute Gasteiger partial charge is 0.368 e. The van der Waals surface area contributed by atoms with E-state index >= 15 is 0 Å². The Morgan fingerprint density at radius 2 is 1.87 bits per heavy atom. The third kappa shape index (κ3) is 3.77. The maximum atomic E-state index is 13.3. The van der Waals surface area contributed by atoms with Crippen molar-refractivity contribution >= 4 is 33.6 Å². The minimum Gasteiger partial charge on any atom is -0.368 e. The molecule has 0 atom stereocenters. The molecule has 0 spiro atoms. The molecule has 1 saturated heterocycles. The van der Waals surface area contributed by atoms with E-state index in [1.54, 1.807) is 23.5 Å². The molecule has 1 aromatic carbocycles.